The van der Waals surface area contributed by atoms with Gasteiger partial charge in [0.1, 0.15) is 0 Å². The number of benzene rings is 1. The number of non-ortho nitro benzene ring substituents is 1. The molecule has 2 aliphatic rings. The fourth-order valence-corrected chi connectivity index (χ4v) is 2.83. The lowest BCUT2D eigenvalue weighted by Crippen LogP contribution is -2.23. The highest BCUT2D eigenvalue weighted by atomic mass is 16.6. The van der Waals surface area contributed by atoms with Crippen LogP contribution in [0.3, 0.4) is 0 Å². The van der Waals surface area contributed by atoms with Crippen LogP contribution in [-0.2, 0) is 4.79 Å². The molecule has 0 aliphatic heterocycles. The highest BCUT2D eigenvalue weighted by molar-refractivity contribution is 5.95. The second-order valence-corrected chi connectivity index (χ2v) is 5.27. The number of nitrogens with one attached hydrogen (secondary N) is 1. The minimum absolute atomic E-state index is 0.00181. The Morgan fingerprint density at radius 3 is 2.78 bits per heavy atom. The van der Waals surface area contributed by atoms with Crippen molar-refractivity contribution in [2.24, 2.45) is 11.3 Å². The van der Waals surface area contributed by atoms with E-state index in [2.05, 4.69) is 5.32 Å². The van der Waals surface area contributed by atoms with Crippen LogP contribution in [0.1, 0.15) is 25.7 Å². The number of carbonyl (C=O) groups excluding carboxylic acids is 1. The highest BCUT2D eigenvalue weighted by Gasteiger charge is 2.60. The first-order chi connectivity index (χ1) is 8.61. The van der Waals surface area contributed by atoms with Gasteiger partial charge >= 0.3 is 0 Å². The van der Waals surface area contributed by atoms with Crippen LogP contribution in [0.4, 0.5) is 11.4 Å². The van der Waals surface area contributed by atoms with Gasteiger partial charge in [-0.1, -0.05) is 12.5 Å². The molecule has 0 aromatic heterocycles. The smallest absolute Gasteiger partial charge is 0.271 e. The Kier molecular flexibility index (Phi) is 2.36. The quantitative estimate of drug-likeness (QED) is 0.658. The number of amides is 1. The summed E-state index contributed by atoms with van der Waals surface area (Å²) in [4.78, 5) is 22.2. The first-order valence-electron chi connectivity index (χ1n) is 6.16. The molecule has 1 atom stereocenters. The molecule has 1 unspecified atom stereocenters. The molecule has 1 aromatic carbocycles. The van der Waals surface area contributed by atoms with Gasteiger partial charge in [-0.25, -0.2) is 0 Å². The van der Waals surface area contributed by atoms with Crippen molar-refractivity contribution in [2.75, 3.05) is 5.32 Å². The minimum atomic E-state index is -0.458. The molecule has 2 saturated carbocycles. The zero-order valence-electron chi connectivity index (χ0n) is 9.89. The third kappa shape index (κ3) is 1.75. The molecule has 94 valence electrons. The zero-order chi connectivity index (χ0) is 12.8. The molecule has 0 saturated heterocycles. The van der Waals surface area contributed by atoms with Gasteiger partial charge in [0.2, 0.25) is 5.91 Å². The summed E-state index contributed by atoms with van der Waals surface area (Å²) in [6.45, 7) is 0. The average molecular weight is 246 g/mol. The topological polar surface area (TPSA) is 72.2 Å². The summed E-state index contributed by atoms with van der Waals surface area (Å²) in [5.41, 5.74) is 0.794. The summed E-state index contributed by atoms with van der Waals surface area (Å²) in [6, 6.07) is 6.08. The van der Waals surface area contributed by atoms with Crippen LogP contribution in [0.5, 0.6) is 0 Å². The van der Waals surface area contributed by atoms with Gasteiger partial charge in [-0.2, -0.15) is 0 Å². The molecular weight excluding hydrogens is 232 g/mol. The fourth-order valence-electron chi connectivity index (χ4n) is 2.83. The van der Waals surface area contributed by atoms with E-state index in [-0.39, 0.29) is 22.9 Å². The van der Waals surface area contributed by atoms with Crippen molar-refractivity contribution < 1.29 is 9.72 Å². The maximum Gasteiger partial charge on any atom is 0.271 e. The predicted molar refractivity (Wildman–Crippen MR) is 66.1 cm³/mol. The van der Waals surface area contributed by atoms with Gasteiger partial charge in [0.05, 0.1) is 4.92 Å². The van der Waals surface area contributed by atoms with E-state index in [1.807, 2.05) is 0 Å². The second kappa shape index (κ2) is 3.80. The number of anilines is 1. The molecule has 2 fully saturated rings. The van der Waals surface area contributed by atoms with Crippen molar-refractivity contribution >= 4 is 17.3 Å². The van der Waals surface area contributed by atoms with Crippen LogP contribution in [0.15, 0.2) is 24.3 Å². The zero-order valence-corrected chi connectivity index (χ0v) is 9.89. The van der Waals surface area contributed by atoms with Crippen LogP contribution in [0.2, 0.25) is 0 Å². The Labute approximate surface area is 104 Å². The first kappa shape index (κ1) is 11.2. The highest BCUT2D eigenvalue weighted by Crippen LogP contribution is 2.65. The normalized spacial score (nSPS) is 23.2. The number of nitrogens with zero attached hydrogens (tertiary/aromatic N) is 1. The molecule has 5 nitrogen and oxygen atoms in total. The number of nitro groups is 1. The molecule has 2 aliphatic carbocycles. The number of nitro benzene ring substituents is 1. The van der Waals surface area contributed by atoms with Gasteiger partial charge in [-0.15, -0.1) is 0 Å². The molecule has 0 radical (unpaired) electrons. The maximum atomic E-state index is 12.0. The SMILES string of the molecule is O=C(Nc1cccc([N+](=O)[O-])c1)C1CC12CCC2. The maximum absolute atomic E-state index is 12.0. The molecule has 3 rings (SSSR count). The standard InChI is InChI=1S/C13H14N2O3/c16-12(11-8-13(11)5-2-6-13)14-9-3-1-4-10(7-9)15(17)18/h1,3-4,7,11H,2,5-6,8H2,(H,14,16). The Bertz CT molecular complexity index is 523. The van der Waals surface area contributed by atoms with Crippen molar-refractivity contribution in [3.63, 3.8) is 0 Å². The van der Waals surface area contributed by atoms with Crippen LogP contribution >= 0.6 is 0 Å². The Morgan fingerprint density at radius 2 is 2.22 bits per heavy atom. The van der Waals surface area contributed by atoms with E-state index in [0.29, 0.717) is 5.69 Å². The van der Waals surface area contributed by atoms with Crippen molar-refractivity contribution in [1.29, 1.82) is 0 Å². The summed E-state index contributed by atoms with van der Waals surface area (Å²) in [5, 5.41) is 13.4. The van der Waals surface area contributed by atoms with Crippen molar-refractivity contribution in [2.45, 2.75) is 25.7 Å². The average Bonchev–Trinajstić information content (AvgIpc) is 3.04. The van der Waals surface area contributed by atoms with Gasteiger partial charge in [-0.3, -0.25) is 14.9 Å². The Hall–Kier alpha value is -1.91. The van der Waals surface area contributed by atoms with E-state index in [1.165, 1.54) is 18.6 Å². The van der Waals surface area contributed by atoms with Crippen molar-refractivity contribution in [1.82, 2.24) is 0 Å². The van der Waals surface area contributed by atoms with Crippen LogP contribution in [0.25, 0.3) is 0 Å². The summed E-state index contributed by atoms with van der Waals surface area (Å²) in [6.07, 6.45) is 4.51. The van der Waals surface area contributed by atoms with E-state index in [9.17, 15) is 14.9 Å². The van der Waals surface area contributed by atoms with Crippen LogP contribution in [0, 0.1) is 21.4 Å². The fraction of sp³-hybridized carbons (Fsp3) is 0.462. The monoisotopic (exact) mass is 246 g/mol. The van der Waals surface area contributed by atoms with Crippen molar-refractivity contribution in [3.8, 4) is 0 Å². The first-order valence-corrected chi connectivity index (χ1v) is 6.16. The van der Waals surface area contributed by atoms with E-state index in [4.69, 9.17) is 0 Å². The summed E-state index contributed by atoms with van der Waals surface area (Å²) >= 11 is 0. The Balaban J connectivity index is 1.67. The molecule has 1 N–H and O–H groups in total. The molecule has 1 amide bonds. The van der Waals surface area contributed by atoms with Crippen LogP contribution < -0.4 is 5.32 Å². The lowest BCUT2D eigenvalue weighted by molar-refractivity contribution is -0.384. The third-order valence-corrected chi connectivity index (χ3v) is 4.18. The summed E-state index contributed by atoms with van der Waals surface area (Å²) < 4.78 is 0. The van der Waals surface area contributed by atoms with Gasteiger partial charge < -0.3 is 5.32 Å². The lowest BCUT2D eigenvalue weighted by Gasteiger charge is -2.26. The molecule has 1 aromatic rings. The number of hydrogen-bond acceptors (Lipinski definition) is 3. The van der Waals surface area contributed by atoms with Gasteiger partial charge in [0, 0.05) is 23.7 Å². The molecule has 5 heteroatoms. The largest absolute Gasteiger partial charge is 0.326 e. The van der Waals surface area contributed by atoms with E-state index >= 15 is 0 Å². The van der Waals surface area contributed by atoms with Gasteiger partial charge in [0.25, 0.3) is 5.69 Å². The van der Waals surface area contributed by atoms with Crippen LogP contribution in [-0.4, -0.2) is 10.8 Å². The van der Waals surface area contributed by atoms with Crippen molar-refractivity contribution in [3.05, 3.63) is 34.4 Å². The number of rotatable bonds is 3. The number of carbonyl (C=O) groups is 1. The molecule has 0 heterocycles. The number of hydrogen-bond donors (Lipinski definition) is 1. The summed E-state index contributed by atoms with van der Waals surface area (Å²) in [7, 11) is 0. The Morgan fingerprint density at radius 1 is 1.44 bits per heavy atom. The summed E-state index contributed by atoms with van der Waals surface area (Å²) in [5.74, 6) is 0.126. The predicted octanol–water partition coefficient (Wildman–Crippen LogP) is 2.72. The van der Waals surface area contributed by atoms with Gasteiger partial charge in [0.15, 0.2) is 0 Å². The molecule has 0 bridgehead atoms. The molecule has 1 spiro atoms. The van der Waals surface area contributed by atoms with E-state index in [0.717, 1.165) is 19.3 Å². The third-order valence-electron chi connectivity index (χ3n) is 4.18. The van der Waals surface area contributed by atoms with Gasteiger partial charge in [-0.05, 0) is 30.7 Å². The molecule has 18 heavy (non-hydrogen) atoms. The van der Waals surface area contributed by atoms with E-state index < -0.39 is 4.92 Å². The van der Waals surface area contributed by atoms with E-state index in [1.54, 1.807) is 12.1 Å². The minimum Gasteiger partial charge on any atom is -0.326 e. The lowest BCUT2D eigenvalue weighted by atomic mass is 9.79. The second-order valence-electron chi connectivity index (χ2n) is 5.27. The molecular formula is C13H14N2O3.